The Labute approximate surface area is 101 Å². The van der Waals surface area contributed by atoms with Crippen molar-refractivity contribution in [1.82, 2.24) is 0 Å². The van der Waals surface area contributed by atoms with E-state index in [0.29, 0.717) is 0 Å². The molecule has 0 radical (unpaired) electrons. The Hall–Kier alpha value is 0.0200. The predicted octanol–water partition coefficient (Wildman–Crippen LogP) is 4.28. The van der Waals surface area contributed by atoms with Crippen molar-refractivity contribution >= 4 is 8.25 Å². The minimum atomic E-state index is -2.56. The van der Waals surface area contributed by atoms with Crippen molar-refractivity contribution in [2.45, 2.75) is 66.9 Å². The van der Waals surface area contributed by atoms with Crippen LogP contribution < -0.4 is 0 Å². The van der Waals surface area contributed by atoms with E-state index in [0.717, 1.165) is 12.8 Å². The van der Waals surface area contributed by atoms with Crippen LogP contribution in [-0.4, -0.2) is 10.5 Å². The van der Waals surface area contributed by atoms with E-state index < -0.39 is 13.9 Å². The first-order valence-corrected chi connectivity index (χ1v) is 6.92. The summed E-state index contributed by atoms with van der Waals surface area (Å²) in [6.45, 7) is 14.5. The molecule has 16 heavy (non-hydrogen) atoms. The van der Waals surface area contributed by atoms with Crippen LogP contribution in [0, 0.1) is 10.8 Å². The van der Waals surface area contributed by atoms with Gasteiger partial charge in [0.15, 0.2) is 0 Å². The second kappa shape index (κ2) is 5.12. The van der Waals surface area contributed by atoms with Crippen LogP contribution in [0.25, 0.3) is 0 Å². The fraction of sp³-hybridized carbons (Fsp3) is 1.00. The molecular formula is C12H26O3P+. The van der Waals surface area contributed by atoms with Crippen molar-refractivity contribution in [1.29, 1.82) is 0 Å². The molecule has 0 heterocycles. The average Bonchev–Trinajstić information content (AvgIpc) is 1.98. The molecule has 0 fully saturated rings. The minimum absolute atomic E-state index is 0.0620. The lowest BCUT2D eigenvalue weighted by atomic mass is 9.67. The fourth-order valence-electron chi connectivity index (χ4n) is 1.95. The maximum atomic E-state index is 11.0. The lowest BCUT2D eigenvalue weighted by molar-refractivity contribution is -0.0588. The van der Waals surface area contributed by atoms with Crippen LogP contribution in [0.2, 0.25) is 0 Å². The summed E-state index contributed by atoms with van der Waals surface area (Å²) in [4.78, 5) is 9.03. The van der Waals surface area contributed by atoms with Crippen molar-refractivity contribution in [2.24, 2.45) is 10.8 Å². The van der Waals surface area contributed by atoms with Crippen LogP contribution in [-0.2, 0) is 9.09 Å². The Morgan fingerprint density at radius 2 is 1.56 bits per heavy atom. The van der Waals surface area contributed by atoms with Gasteiger partial charge in [-0.3, -0.25) is 0 Å². The predicted molar refractivity (Wildman–Crippen MR) is 67.5 cm³/mol. The molecule has 0 saturated heterocycles. The van der Waals surface area contributed by atoms with Crippen LogP contribution >= 0.6 is 8.25 Å². The quantitative estimate of drug-likeness (QED) is 0.739. The SMILES string of the molecule is CCC(C)(C)C(C)(CC(C)(C)C)O[P+](=O)O. The number of hydrogen-bond donors (Lipinski definition) is 1. The minimum Gasteiger partial charge on any atom is -0.133 e. The molecule has 3 nitrogen and oxygen atoms in total. The molecule has 4 heteroatoms. The Morgan fingerprint density at radius 3 is 1.81 bits per heavy atom. The van der Waals surface area contributed by atoms with E-state index in [1.165, 1.54) is 0 Å². The summed E-state index contributed by atoms with van der Waals surface area (Å²) in [5, 5.41) is 0. The van der Waals surface area contributed by atoms with Crippen LogP contribution in [0.4, 0.5) is 0 Å². The summed E-state index contributed by atoms with van der Waals surface area (Å²) >= 11 is 0. The molecule has 0 aliphatic rings. The molecule has 0 aromatic carbocycles. The van der Waals surface area contributed by atoms with Gasteiger partial charge < -0.3 is 0 Å². The van der Waals surface area contributed by atoms with E-state index >= 15 is 0 Å². The van der Waals surface area contributed by atoms with Crippen LogP contribution in [0.3, 0.4) is 0 Å². The van der Waals surface area contributed by atoms with Crippen LogP contribution in [0.15, 0.2) is 0 Å². The van der Waals surface area contributed by atoms with Gasteiger partial charge in [-0.15, -0.1) is 9.42 Å². The van der Waals surface area contributed by atoms with Crippen molar-refractivity contribution in [2.75, 3.05) is 0 Å². The Balaban J connectivity index is 5.11. The van der Waals surface area contributed by atoms with Gasteiger partial charge in [0.05, 0.1) is 0 Å². The van der Waals surface area contributed by atoms with E-state index in [-0.39, 0.29) is 10.8 Å². The van der Waals surface area contributed by atoms with Gasteiger partial charge in [-0.2, -0.15) is 0 Å². The summed E-state index contributed by atoms with van der Waals surface area (Å²) in [7, 11) is -2.56. The van der Waals surface area contributed by atoms with Crippen molar-refractivity contribution in [3.63, 3.8) is 0 Å². The van der Waals surface area contributed by atoms with Gasteiger partial charge in [-0.25, -0.2) is 0 Å². The third-order valence-electron chi connectivity index (χ3n) is 3.46. The highest BCUT2D eigenvalue weighted by atomic mass is 31.1. The smallest absolute Gasteiger partial charge is 0.133 e. The first kappa shape index (κ1) is 16.0. The summed E-state index contributed by atoms with van der Waals surface area (Å²) in [6.07, 6.45) is 1.66. The van der Waals surface area contributed by atoms with Crippen molar-refractivity contribution in [3.05, 3.63) is 0 Å². The first-order chi connectivity index (χ1) is 6.93. The molecular weight excluding hydrogens is 223 g/mol. The largest absolute Gasteiger partial charge is 0.695 e. The summed E-state index contributed by atoms with van der Waals surface area (Å²) < 4.78 is 16.3. The summed E-state index contributed by atoms with van der Waals surface area (Å²) in [5.74, 6) is 0. The van der Waals surface area contributed by atoms with E-state index in [4.69, 9.17) is 9.42 Å². The van der Waals surface area contributed by atoms with Gasteiger partial charge in [0, 0.05) is 4.57 Å². The molecule has 2 unspecified atom stereocenters. The van der Waals surface area contributed by atoms with E-state index in [1.54, 1.807) is 0 Å². The van der Waals surface area contributed by atoms with Gasteiger partial charge in [0.1, 0.15) is 5.60 Å². The third kappa shape index (κ3) is 4.48. The topological polar surface area (TPSA) is 46.5 Å². The Bertz CT molecular complexity index is 255. The highest BCUT2D eigenvalue weighted by molar-refractivity contribution is 7.32. The molecule has 0 saturated carbocycles. The molecule has 0 aliphatic heterocycles. The molecule has 0 bridgehead atoms. The van der Waals surface area contributed by atoms with Crippen LogP contribution in [0.1, 0.15) is 61.3 Å². The normalized spacial score (nSPS) is 18.1. The molecule has 0 aliphatic carbocycles. The number of hydrogen-bond acceptors (Lipinski definition) is 2. The molecule has 0 aromatic heterocycles. The van der Waals surface area contributed by atoms with Gasteiger partial charge in [0.2, 0.25) is 0 Å². The molecule has 1 N–H and O–H groups in total. The van der Waals surface area contributed by atoms with Crippen LogP contribution in [0.5, 0.6) is 0 Å². The second-order valence-corrected chi connectivity index (χ2v) is 7.19. The van der Waals surface area contributed by atoms with E-state index in [2.05, 4.69) is 41.5 Å². The summed E-state index contributed by atoms with van der Waals surface area (Å²) in [5.41, 5.74) is -0.650. The zero-order valence-corrected chi connectivity index (χ0v) is 12.5. The number of rotatable bonds is 5. The van der Waals surface area contributed by atoms with Gasteiger partial charge in [-0.05, 0) is 30.6 Å². The highest BCUT2D eigenvalue weighted by Gasteiger charge is 2.49. The van der Waals surface area contributed by atoms with Crippen molar-refractivity contribution in [3.8, 4) is 0 Å². The van der Waals surface area contributed by atoms with Gasteiger partial charge in [0.25, 0.3) is 0 Å². The first-order valence-electron chi connectivity index (χ1n) is 5.79. The lowest BCUT2D eigenvalue weighted by Gasteiger charge is -2.42. The zero-order chi connectivity index (χ0) is 13.2. The maximum absolute atomic E-state index is 11.0. The Kier molecular flexibility index (Phi) is 5.12. The van der Waals surface area contributed by atoms with E-state index in [9.17, 15) is 4.57 Å². The lowest BCUT2D eigenvalue weighted by Crippen LogP contribution is -2.45. The molecule has 96 valence electrons. The van der Waals surface area contributed by atoms with E-state index in [1.807, 2.05) is 6.92 Å². The Morgan fingerprint density at radius 1 is 1.12 bits per heavy atom. The highest BCUT2D eigenvalue weighted by Crippen LogP contribution is 2.48. The van der Waals surface area contributed by atoms with Crippen molar-refractivity contribution < 1.29 is 14.0 Å². The van der Waals surface area contributed by atoms with Gasteiger partial charge >= 0.3 is 8.25 Å². The maximum Gasteiger partial charge on any atom is 0.695 e. The van der Waals surface area contributed by atoms with Gasteiger partial charge in [-0.1, -0.05) is 41.5 Å². The fourth-order valence-corrected chi connectivity index (χ4v) is 2.61. The zero-order valence-electron chi connectivity index (χ0n) is 11.6. The second-order valence-electron chi connectivity index (χ2n) is 6.53. The monoisotopic (exact) mass is 249 g/mol. The standard InChI is InChI=1S/C12H25O3P/c1-8-11(5,6)12(7,15-16(13)14)9-10(2,3)4/h8-9H2,1-7H3/p+1. The average molecular weight is 249 g/mol. The molecule has 2 atom stereocenters. The molecule has 0 rings (SSSR count). The summed E-state index contributed by atoms with van der Waals surface area (Å²) in [6, 6.07) is 0. The molecule has 0 spiro atoms. The molecule has 0 aromatic rings. The molecule has 0 amide bonds. The third-order valence-corrected chi connectivity index (χ3v) is 4.02.